The van der Waals surface area contributed by atoms with Crippen molar-refractivity contribution in [3.05, 3.63) is 102 Å². The van der Waals surface area contributed by atoms with Crippen molar-refractivity contribution < 1.29 is 9.59 Å². The molecule has 1 N–H and O–H groups in total. The van der Waals surface area contributed by atoms with Crippen LogP contribution in [0.4, 0.5) is 5.69 Å². The Morgan fingerprint density at radius 3 is 2.54 bits per heavy atom. The maximum absolute atomic E-state index is 14.0. The van der Waals surface area contributed by atoms with Gasteiger partial charge in [-0.1, -0.05) is 42.5 Å². The second-order valence-corrected chi connectivity index (χ2v) is 11.1. The number of anilines is 1. The summed E-state index contributed by atoms with van der Waals surface area (Å²) in [7, 11) is 0. The van der Waals surface area contributed by atoms with E-state index in [4.69, 9.17) is 0 Å². The minimum Gasteiger partial charge on any atom is -0.332 e. The molecule has 1 saturated carbocycles. The SMILES string of the molecule is CC(=O)N1CCCN(Cc2ccccc2)CCN(C(=O)c2cc(C3CC3)[nH]n2)Cc2cc(-c3cccnc3)ccc21. The zero-order chi connectivity index (χ0) is 28.2. The summed E-state index contributed by atoms with van der Waals surface area (Å²) < 4.78 is 0. The van der Waals surface area contributed by atoms with Crippen molar-refractivity contribution in [2.24, 2.45) is 0 Å². The Balaban J connectivity index is 1.36. The Bertz CT molecular complexity index is 1500. The maximum atomic E-state index is 14.0. The van der Waals surface area contributed by atoms with E-state index < -0.39 is 0 Å². The van der Waals surface area contributed by atoms with Crippen LogP contribution in [0, 0.1) is 0 Å². The normalized spacial score (nSPS) is 16.6. The van der Waals surface area contributed by atoms with Gasteiger partial charge in [-0.05, 0) is 65.8 Å². The number of H-pyrrole nitrogens is 1. The lowest BCUT2D eigenvalue weighted by molar-refractivity contribution is -0.116. The summed E-state index contributed by atoms with van der Waals surface area (Å²) in [5.74, 6) is 0.382. The number of hydrogen-bond acceptors (Lipinski definition) is 5. The van der Waals surface area contributed by atoms with Crippen LogP contribution >= 0.6 is 0 Å². The first kappa shape index (κ1) is 26.9. The molecule has 2 aromatic heterocycles. The number of aromatic nitrogens is 3. The number of rotatable bonds is 5. The first-order valence-electron chi connectivity index (χ1n) is 14.5. The van der Waals surface area contributed by atoms with Gasteiger partial charge in [-0.25, -0.2) is 0 Å². The van der Waals surface area contributed by atoms with Gasteiger partial charge < -0.3 is 9.80 Å². The highest BCUT2D eigenvalue weighted by molar-refractivity contribution is 5.94. The fourth-order valence-corrected chi connectivity index (χ4v) is 5.63. The molecule has 6 rings (SSSR count). The third kappa shape index (κ3) is 6.38. The second-order valence-electron chi connectivity index (χ2n) is 11.1. The summed E-state index contributed by atoms with van der Waals surface area (Å²) in [6, 6.07) is 22.4. The van der Waals surface area contributed by atoms with Gasteiger partial charge in [0, 0.05) is 75.9 Å². The Labute approximate surface area is 241 Å². The summed E-state index contributed by atoms with van der Waals surface area (Å²) in [4.78, 5) is 37.4. The zero-order valence-electron chi connectivity index (χ0n) is 23.5. The predicted molar refractivity (Wildman–Crippen MR) is 159 cm³/mol. The molecule has 1 fully saturated rings. The lowest BCUT2D eigenvalue weighted by Crippen LogP contribution is -2.38. The van der Waals surface area contributed by atoms with Crippen LogP contribution in [0.3, 0.4) is 0 Å². The maximum Gasteiger partial charge on any atom is 0.274 e. The second kappa shape index (κ2) is 12.1. The lowest BCUT2D eigenvalue weighted by Gasteiger charge is -2.28. The van der Waals surface area contributed by atoms with E-state index in [2.05, 4.69) is 50.4 Å². The van der Waals surface area contributed by atoms with Crippen molar-refractivity contribution >= 4 is 17.5 Å². The molecule has 1 aliphatic carbocycles. The smallest absolute Gasteiger partial charge is 0.274 e. The number of carbonyl (C=O) groups excluding carboxylic acids is 2. The van der Waals surface area contributed by atoms with E-state index in [1.807, 2.05) is 52.4 Å². The monoisotopic (exact) mass is 548 g/mol. The standard InChI is InChI=1S/C33H36N6O2/c1-24(40)39-16-6-15-37(22-25-7-3-2-4-8-25)17-18-38(33(41)31-20-30(35-36-31)26-10-11-26)23-29-19-27(12-13-32(29)39)28-9-5-14-34-21-28/h2-5,7-9,12-14,19-21,26H,6,10-11,15-18,22-23H2,1H3,(H,35,36). The summed E-state index contributed by atoms with van der Waals surface area (Å²) in [6.07, 6.45) is 6.70. The molecule has 2 aliphatic rings. The molecule has 2 amide bonds. The Morgan fingerprint density at radius 2 is 1.78 bits per heavy atom. The molecule has 41 heavy (non-hydrogen) atoms. The number of amides is 2. The highest BCUT2D eigenvalue weighted by atomic mass is 16.2. The highest BCUT2D eigenvalue weighted by Gasteiger charge is 2.29. The fraction of sp³-hybridized carbons (Fsp3) is 0.333. The van der Waals surface area contributed by atoms with E-state index in [9.17, 15) is 9.59 Å². The molecule has 8 nitrogen and oxygen atoms in total. The van der Waals surface area contributed by atoms with Crippen molar-refractivity contribution in [3.8, 4) is 11.1 Å². The number of nitrogens with zero attached hydrogens (tertiary/aromatic N) is 5. The highest BCUT2D eigenvalue weighted by Crippen LogP contribution is 2.39. The number of pyridine rings is 1. The molecule has 2 aromatic carbocycles. The average Bonchev–Trinajstić information content (AvgIpc) is 3.74. The Kier molecular flexibility index (Phi) is 7.91. The summed E-state index contributed by atoms with van der Waals surface area (Å²) >= 11 is 0. The van der Waals surface area contributed by atoms with Gasteiger partial charge >= 0.3 is 0 Å². The van der Waals surface area contributed by atoms with Crippen molar-refractivity contribution in [1.82, 2.24) is 25.0 Å². The number of aromatic amines is 1. The first-order chi connectivity index (χ1) is 20.0. The number of hydrogen-bond donors (Lipinski definition) is 1. The number of carbonyl (C=O) groups is 2. The fourth-order valence-electron chi connectivity index (χ4n) is 5.63. The van der Waals surface area contributed by atoms with Gasteiger partial charge in [0.2, 0.25) is 5.91 Å². The van der Waals surface area contributed by atoms with Gasteiger partial charge in [0.25, 0.3) is 5.91 Å². The van der Waals surface area contributed by atoms with Gasteiger partial charge in [-0.15, -0.1) is 0 Å². The lowest BCUT2D eigenvalue weighted by atomic mass is 10.0. The molecule has 0 atom stereocenters. The van der Waals surface area contributed by atoms with Gasteiger partial charge in [0.15, 0.2) is 0 Å². The van der Waals surface area contributed by atoms with E-state index in [0.717, 1.165) is 67.0 Å². The van der Waals surface area contributed by atoms with Crippen LogP contribution in [0.25, 0.3) is 11.1 Å². The molecular weight excluding hydrogens is 512 g/mol. The molecule has 1 aliphatic heterocycles. The number of fused-ring (bicyclic) bond motifs is 1. The van der Waals surface area contributed by atoms with Crippen LogP contribution in [0.2, 0.25) is 0 Å². The number of benzene rings is 2. The number of nitrogens with one attached hydrogen (secondary N) is 1. The van der Waals surface area contributed by atoms with Crippen LogP contribution in [-0.4, -0.2) is 63.0 Å². The average molecular weight is 549 g/mol. The molecule has 4 aromatic rings. The summed E-state index contributed by atoms with van der Waals surface area (Å²) in [5, 5.41) is 7.51. The molecule has 0 saturated heterocycles. The third-order valence-electron chi connectivity index (χ3n) is 8.02. The van der Waals surface area contributed by atoms with Crippen LogP contribution in [0.5, 0.6) is 0 Å². The molecule has 0 spiro atoms. The van der Waals surface area contributed by atoms with Gasteiger partial charge in [-0.2, -0.15) is 5.10 Å². The largest absolute Gasteiger partial charge is 0.332 e. The van der Waals surface area contributed by atoms with Crippen LogP contribution < -0.4 is 4.90 Å². The topological polar surface area (TPSA) is 85.4 Å². The van der Waals surface area contributed by atoms with Crippen LogP contribution in [0.15, 0.2) is 79.1 Å². The molecule has 0 bridgehead atoms. The van der Waals surface area contributed by atoms with Crippen LogP contribution in [-0.2, 0) is 17.9 Å². The van der Waals surface area contributed by atoms with Gasteiger partial charge in [0.05, 0.1) is 0 Å². The molecule has 210 valence electrons. The summed E-state index contributed by atoms with van der Waals surface area (Å²) in [5.41, 5.74) is 6.50. The first-order valence-corrected chi connectivity index (χ1v) is 14.5. The van der Waals surface area contributed by atoms with E-state index >= 15 is 0 Å². The van der Waals surface area contributed by atoms with Gasteiger partial charge in [-0.3, -0.25) is 24.6 Å². The molecule has 0 radical (unpaired) electrons. The predicted octanol–water partition coefficient (Wildman–Crippen LogP) is 5.25. The van der Waals surface area contributed by atoms with Crippen molar-refractivity contribution in [3.63, 3.8) is 0 Å². The van der Waals surface area contributed by atoms with E-state index in [1.54, 1.807) is 13.1 Å². The van der Waals surface area contributed by atoms with Crippen LogP contribution in [0.1, 0.15) is 59.4 Å². The Hall–Kier alpha value is -4.30. The quantitative estimate of drug-likeness (QED) is 0.368. The Morgan fingerprint density at radius 1 is 0.927 bits per heavy atom. The zero-order valence-corrected chi connectivity index (χ0v) is 23.5. The van der Waals surface area contributed by atoms with E-state index in [-0.39, 0.29) is 11.8 Å². The minimum absolute atomic E-state index is 0.00603. The van der Waals surface area contributed by atoms with Crippen molar-refractivity contribution in [2.45, 2.75) is 45.2 Å². The summed E-state index contributed by atoms with van der Waals surface area (Å²) in [6.45, 7) is 5.47. The van der Waals surface area contributed by atoms with Crippen molar-refractivity contribution in [1.29, 1.82) is 0 Å². The molecular formula is C33H36N6O2. The minimum atomic E-state index is -0.0980. The van der Waals surface area contributed by atoms with Crippen molar-refractivity contribution in [2.75, 3.05) is 31.1 Å². The van der Waals surface area contributed by atoms with E-state index in [0.29, 0.717) is 31.2 Å². The third-order valence-corrected chi connectivity index (χ3v) is 8.02. The van der Waals surface area contributed by atoms with Gasteiger partial charge in [0.1, 0.15) is 5.69 Å². The molecule has 0 unspecified atom stereocenters. The van der Waals surface area contributed by atoms with E-state index in [1.165, 1.54) is 5.56 Å². The molecule has 8 heteroatoms. The molecule has 3 heterocycles.